The summed E-state index contributed by atoms with van der Waals surface area (Å²) in [4.78, 5) is 27.5. The summed E-state index contributed by atoms with van der Waals surface area (Å²) in [6, 6.07) is 13.6. The van der Waals surface area contributed by atoms with E-state index in [-0.39, 0.29) is 17.7 Å². The Morgan fingerprint density at radius 3 is 2.22 bits per heavy atom. The number of nitrogens with one attached hydrogen (secondary N) is 1. The van der Waals surface area contributed by atoms with Crippen LogP contribution in [0.5, 0.6) is 0 Å². The first-order chi connectivity index (χ1) is 12.8. The minimum Gasteiger partial charge on any atom is -0.350 e. The second-order valence-corrected chi connectivity index (χ2v) is 7.60. The van der Waals surface area contributed by atoms with Crippen molar-refractivity contribution in [1.29, 1.82) is 0 Å². The van der Waals surface area contributed by atoms with Crippen LogP contribution in [0.2, 0.25) is 0 Å². The molecule has 140 valence electrons. The van der Waals surface area contributed by atoms with E-state index in [4.69, 9.17) is 0 Å². The topological polar surface area (TPSA) is 49.4 Å². The normalized spacial score (nSPS) is 14.5. The van der Waals surface area contributed by atoms with E-state index in [0.717, 1.165) is 27.9 Å². The third kappa shape index (κ3) is 3.65. The van der Waals surface area contributed by atoms with Gasteiger partial charge >= 0.3 is 0 Å². The van der Waals surface area contributed by atoms with Gasteiger partial charge < -0.3 is 5.32 Å². The van der Waals surface area contributed by atoms with E-state index < -0.39 is 0 Å². The van der Waals surface area contributed by atoms with Gasteiger partial charge in [-0.3, -0.25) is 14.5 Å². The second kappa shape index (κ2) is 7.39. The van der Waals surface area contributed by atoms with Crippen LogP contribution < -0.4 is 5.32 Å². The number of anilines is 1. The van der Waals surface area contributed by atoms with Crippen molar-refractivity contribution < 1.29 is 9.59 Å². The van der Waals surface area contributed by atoms with E-state index in [1.807, 2.05) is 77.1 Å². The van der Waals surface area contributed by atoms with Crippen molar-refractivity contribution >= 4 is 23.1 Å². The van der Waals surface area contributed by atoms with Crippen LogP contribution in [0.4, 0.5) is 5.69 Å². The number of aryl methyl sites for hydroxylation is 2. The van der Waals surface area contributed by atoms with Gasteiger partial charge in [-0.25, -0.2) is 0 Å². The fourth-order valence-corrected chi connectivity index (χ4v) is 3.23. The van der Waals surface area contributed by atoms with Gasteiger partial charge in [-0.1, -0.05) is 55.8 Å². The summed E-state index contributed by atoms with van der Waals surface area (Å²) in [5.41, 5.74) is 5.73. The molecule has 3 rings (SSSR count). The van der Waals surface area contributed by atoms with Crippen molar-refractivity contribution in [1.82, 2.24) is 4.90 Å². The molecule has 0 unspecified atom stereocenters. The molecule has 4 nitrogen and oxygen atoms in total. The third-order valence-corrected chi connectivity index (χ3v) is 4.92. The molecule has 4 heteroatoms. The molecular formula is C23H26N2O2. The Hall–Kier alpha value is -2.88. The van der Waals surface area contributed by atoms with Crippen LogP contribution in [0.15, 0.2) is 48.2 Å². The number of amides is 2. The molecule has 27 heavy (non-hydrogen) atoms. The first-order valence-corrected chi connectivity index (χ1v) is 9.30. The first kappa shape index (κ1) is 18.9. The number of imide groups is 1. The van der Waals surface area contributed by atoms with Crippen LogP contribution in [-0.4, -0.2) is 23.3 Å². The predicted octanol–water partition coefficient (Wildman–Crippen LogP) is 4.46. The molecule has 0 atom stereocenters. The maximum atomic E-state index is 13.1. The summed E-state index contributed by atoms with van der Waals surface area (Å²) in [7, 11) is 0. The van der Waals surface area contributed by atoms with Gasteiger partial charge in [-0.15, -0.1) is 0 Å². The molecule has 0 bridgehead atoms. The quantitative estimate of drug-likeness (QED) is 0.799. The van der Waals surface area contributed by atoms with Crippen molar-refractivity contribution in [2.45, 2.75) is 34.6 Å². The number of hydrogen-bond donors (Lipinski definition) is 1. The molecule has 0 fully saturated rings. The maximum Gasteiger partial charge on any atom is 0.278 e. The molecule has 0 aliphatic carbocycles. The number of hydrogen-bond acceptors (Lipinski definition) is 3. The molecule has 0 saturated carbocycles. The van der Waals surface area contributed by atoms with Crippen molar-refractivity contribution in [2.24, 2.45) is 5.92 Å². The Balaban J connectivity index is 2.10. The van der Waals surface area contributed by atoms with Gasteiger partial charge in [0.2, 0.25) is 0 Å². The van der Waals surface area contributed by atoms with Gasteiger partial charge in [0.15, 0.2) is 0 Å². The highest BCUT2D eigenvalue weighted by Crippen LogP contribution is 2.32. The SMILES string of the molecule is Cc1ccc(C2=C(Nc3cccc(C)c3C)C(=O)N(CC(C)C)C2=O)cc1. The minimum absolute atomic E-state index is 0.206. The fourth-order valence-electron chi connectivity index (χ4n) is 3.23. The Morgan fingerprint density at radius 2 is 1.59 bits per heavy atom. The van der Waals surface area contributed by atoms with Crippen molar-refractivity contribution in [3.05, 3.63) is 70.4 Å². The molecule has 2 aromatic rings. The number of carbonyl (C=O) groups excluding carboxylic acids is 2. The summed E-state index contributed by atoms with van der Waals surface area (Å²) in [6.45, 7) is 10.5. The highest BCUT2D eigenvalue weighted by Gasteiger charge is 2.39. The molecule has 1 aliphatic heterocycles. The van der Waals surface area contributed by atoms with E-state index in [9.17, 15) is 9.59 Å². The summed E-state index contributed by atoms with van der Waals surface area (Å²) in [5, 5.41) is 3.26. The van der Waals surface area contributed by atoms with Crippen LogP contribution in [0.25, 0.3) is 5.57 Å². The highest BCUT2D eigenvalue weighted by atomic mass is 16.2. The number of carbonyl (C=O) groups is 2. The van der Waals surface area contributed by atoms with E-state index in [2.05, 4.69) is 5.32 Å². The lowest BCUT2D eigenvalue weighted by Crippen LogP contribution is -2.35. The van der Waals surface area contributed by atoms with Crippen LogP contribution in [-0.2, 0) is 9.59 Å². The predicted molar refractivity (Wildman–Crippen MR) is 109 cm³/mol. The van der Waals surface area contributed by atoms with Crippen LogP contribution in [0.3, 0.4) is 0 Å². The highest BCUT2D eigenvalue weighted by molar-refractivity contribution is 6.36. The van der Waals surface area contributed by atoms with Crippen LogP contribution in [0, 0.1) is 26.7 Å². The zero-order valence-corrected chi connectivity index (χ0v) is 16.6. The minimum atomic E-state index is -0.259. The van der Waals surface area contributed by atoms with Crippen molar-refractivity contribution in [3.63, 3.8) is 0 Å². The summed E-state index contributed by atoms with van der Waals surface area (Å²) in [5.74, 6) is -0.284. The van der Waals surface area contributed by atoms with Gasteiger partial charge in [0, 0.05) is 12.2 Å². The van der Waals surface area contributed by atoms with Gasteiger partial charge in [0.25, 0.3) is 11.8 Å². The van der Waals surface area contributed by atoms with Crippen LogP contribution in [0.1, 0.15) is 36.1 Å². The Kier molecular flexibility index (Phi) is 5.17. The molecule has 0 aromatic heterocycles. The van der Waals surface area contributed by atoms with Gasteiger partial charge in [-0.05, 0) is 49.4 Å². The first-order valence-electron chi connectivity index (χ1n) is 9.30. The standard InChI is InChI=1S/C23H26N2O2/c1-14(2)13-25-22(26)20(18-11-9-15(3)10-12-18)21(23(25)27)24-19-8-6-7-16(4)17(19)5/h6-12,14,24H,13H2,1-5H3. The largest absolute Gasteiger partial charge is 0.350 e. The molecule has 0 spiro atoms. The zero-order valence-electron chi connectivity index (χ0n) is 16.6. The fraction of sp³-hybridized carbons (Fsp3) is 0.304. The second-order valence-electron chi connectivity index (χ2n) is 7.60. The van der Waals surface area contributed by atoms with E-state index >= 15 is 0 Å². The molecule has 1 N–H and O–H groups in total. The molecule has 0 saturated heterocycles. The lowest BCUT2D eigenvalue weighted by molar-refractivity contribution is -0.137. The van der Waals surface area contributed by atoms with E-state index in [1.165, 1.54) is 4.90 Å². The molecule has 2 aromatic carbocycles. The van der Waals surface area contributed by atoms with Crippen molar-refractivity contribution in [3.8, 4) is 0 Å². The van der Waals surface area contributed by atoms with Gasteiger partial charge in [0.1, 0.15) is 5.70 Å². The molecule has 2 amide bonds. The molecule has 0 radical (unpaired) electrons. The smallest absolute Gasteiger partial charge is 0.278 e. The van der Waals surface area contributed by atoms with Gasteiger partial charge in [-0.2, -0.15) is 0 Å². The maximum absolute atomic E-state index is 13.1. The Morgan fingerprint density at radius 1 is 0.926 bits per heavy atom. The third-order valence-electron chi connectivity index (χ3n) is 4.92. The summed E-state index contributed by atoms with van der Waals surface area (Å²) < 4.78 is 0. The van der Waals surface area contributed by atoms with Crippen molar-refractivity contribution in [2.75, 3.05) is 11.9 Å². The number of rotatable bonds is 5. The monoisotopic (exact) mass is 362 g/mol. The van der Waals surface area contributed by atoms with Gasteiger partial charge in [0.05, 0.1) is 5.57 Å². The molecule has 1 aliphatic rings. The lowest BCUT2D eigenvalue weighted by Gasteiger charge is -2.18. The Bertz CT molecular complexity index is 924. The lowest BCUT2D eigenvalue weighted by atomic mass is 10.0. The summed E-state index contributed by atoms with van der Waals surface area (Å²) in [6.07, 6.45) is 0. The number of benzene rings is 2. The van der Waals surface area contributed by atoms with E-state index in [0.29, 0.717) is 17.8 Å². The molecule has 1 heterocycles. The van der Waals surface area contributed by atoms with E-state index in [1.54, 1.807) is 0 Å². The zero-order chi connectivity index (χ0) is 19.7. The van der Waals surface area contributed by atoms with Crippen LogP contribution >= 0.6 is 0 Å². The average molecular weight is 362 g/mol. The summed E-state index contributed by atoms with van der Waals surface area (Å²) >= 11 is 0. The number of nitrogens with zero attached hydrogens (tertiary/aromatic N) is 1. The Labute approximate surface area is 160 Å². The molecular weight excluding hydrogens is 336 g/mol. The average Bonchev–Trinajstić information content (AvgIpc) is 2.84.